The number of rotatable bonds is 7. The Morgan fingerprint density at radius 1 is 1.29 bits per heavy atom. The first-order valence-electron chi connectivity index (χ1n) is 6.99. The fourth-order valence-electron chi connectivity index (χ4n) is 2.08. The van der Waals surface area contributed by atoms with Gasteiger partial charge in [0, 0.05) is 24.1 Å². The van der Waals surface area contributed by atoms with Gasteiger partial charge in [0.2, 0.25) is 0 Å². The second-order valence-electron chi connectivity index (χ2n) is 4.95. The lowest BCUT2D eigenvalue weighted by atomic mass is 10.0. The molecule has 0 heterocycles. The highest BCUT2D eigenvalue weighted by molar-refractivity contribution is 5.73. The van der Waals surface area contributed by atoms with Crippen LogP contribution in [0.3, 0.4) is 0 Å². The van der Waals surface area contributed by atoms with Crippen LogP contribution in [0.5, 0.6) is 17.2 Å². The van der Waals surface area contributed by atoms with Gasteiger partial charge >= 0.3 is 5.97 Å². The average Bonchev–Trinajstić information content (AvgIpc) is 2.56. The smallest absolute Gasteiger partial charge is 0.320 e. The molecule has 0 aromatic heterocycles. The molecule has 0 saturated carbocycles. The molecule has 0 bridgehead atoms. The second kappa shape index (κ2) is 7.42. The molecular formula is C16H16N2O6. The first-order chi connectivity index (χ1) is 11.4. The largest absolute Gasteiger partial charge is 0.493 e. The van der Waals surface area contributed by atoms with Crippen molar-refractivity contribution in [1.29, 1.82) is 0 Å². The molecule has 0 spiro atoms. The van der Waals surface area contributed by atoms with Crippen molar-refractivity contribution >= 4 is 11.7 Å². The summed E-state index contributed by atoms with van der Waals surface area (Å²) in [4.78, 5) is 21.1. The maximum atomic E-state index is 11.0. The molecule has 0 radical (unpaired) electrons. The zero-order valence-corrected chi connectivity index (χ0v) is 12.8. The van der Waals surface area contributed by atoms with E-state index in [0.29, 0.717) is 22.8 Å². The number of carboxylic acid groups (broad SMARTS) is 1. The normalized spacial score (nSPS) is 11.6. The molecule has 1 atom stereocenters. The standard InChI is InChI=1S/C16H16N2O6/c1-23-14-4-2-3-10(9-13(17)16(19)20)15(14)24-12-7-5-11(6-8-12)18(21)22/h2-8,13H,9,17H2,1H3,(H,19,20). The minimum Gasteiger partial charge on any atom is -0.493 e. The molecule has 8 nitrogen and oxygen atoms in total. The van der Waals surface area contributed by atoms with E-state index in [4.69, 9.17) is 20.3 Å². The molecule has 24 heavy (non-hydrogen) atoms. The van der Waals surface area contributed by atoms with Crippen molar-refractivity contribution in [2.75, 3.05) is 7.11 Å². The van der Waals surface area contributed by atoms with Gasteiger partial charge in [0.25, 0.3) is 5.69 Å². The van der Waals surface area contributed by atoms with Crippen LogP contribution in [-0.4, -0.2) is 29.2 Å². The van der Waals surface area contributed by atoms with E-state index in [1.165, 1.54) is 31.4 Å². The number of methoxy groups -OCH3 is 1. The van der Waals surface area contributed by atoms with Crippen LogP contribution >= 0.6 is 0 Å². The Labute approximate surface area is 137 Å². The highest BCUT2D eigenvalue weighted by atomic mass is 16.6. The minimum absolute atomic E-state index is 0.0504. The van der Waals surface area contributed by atoms with E-state index in [2.05, 4.69) is 0 Å². The third-order valence-electron chi connectivity index (χ3n) is 3.30. The molecule has 0 aliphatic rings. The molecule has 3 N–H and O–H groups in total. The minimum atomic E-state index is -1.13. The van der Waals surface area contributed by atoms with E-state index in [9.17, 15) is 14.9 Å². The molecule has 0 amide bonds. The van der Waals surface area contributed by atoms with Gasteiger partial charge in [-0.2, -0.15) is 0 Å². The summed E-state index contributed by atoms with van der Waals surface area (Å²) in [6.07, 6.45) is 0.0504. The van der Waals surface area contributed by atoms with Crippen LogP contribution in [0.1, 0.15) is 5.56 Å². The van der Waals surface area contributed by atoms with Gasteiger partial charge in [-0.25, -0.2) is 0 Å². The SMILES string of the molecule is COc1cccc(CC(N)C(=O)O)c1Oc1ccc([N+](=O)[O-])cc1. The third kappa shape index (κ3) is 3.99. The topological polar surface area (TPSA) is 125 Å². The number of nitrogens with two attached hydrogens (primary N) is 1. The number of ether oxygens (including phenoxy) is 2. The number of benzene rings is 2. The fourth-order valence-corrected chi connectivity index (χ4v) is 2.08. The lowest BCUT2D eigenvalue weighted by molar-refractivity contribution is -0.384. The molecule has 0 aliphatic heterocycles. The fraction of sp³-hybridized carbons (Fsp3) is 0.188. The molecule has 2 aromatic carbocycles. The number of para-hydroxylation sites is 1. The highest BCUT2D eigenvalue weighted by Crippen LogP contribution is 2.36. The number of hydrogen-bond donors (Lipinski definition) is 2. The van der Waals surface area contributed by atoms with Gasteiger partial charge in [0.15, 0.2) is 11.5 Å². The van der Waals surface area contributed by atoms with Crippen LogP contribution in [0.15, 0.2) is 42.5 Å². The summed E-state index contributed by atoms with van der Waals surface area (Å²) in [5.41, 5.74) is 6.08. The van der Waals surface area contributed by atoms with Crippen molar-refractivity contribution in [3.05, 3.63) is 58.1 Å². The van der Waals surface area contributed by atoms with Gasteiger partial charge in [0.05, 0.1) is 12.0 Å². The zero-order valence-electron chi connectivity index (χ0n) is 12.8. The maximum absolute atomic E-state index is 11.0. The molecule has 0 fully saturated rings. The molecule has 0 aliphatic carbocycles. The van der Waals surface area contributed by atoms with E-state index in [1.807, 2.05) is 0 Å². The van der Waals surface area contributed by atoms with Gasteiger partial charge in [0.1, 0.15) is 11.8 Å². The molecule has 1 unspecified atom stereocenters. The number of carboxylic acids is 1. The van der Waals surface area contributed by atoms with Crippen LogP contribution in [-0.2, 0) is 11.2 Å². The second-order valence-corrected chi connectivity index (χ2v) is 4.95. The van der Waals surface area contributed by atoms with E-state index in [0.717, 1.165) is 0 Å². The van der Waals surface area contributed by atoms with E-state index in [1.54, 1.807) is 18.2 Å². The molecule has 8 heteroatoms. The molecule has 2 aromatic rings. The van der Waals surface area contributed by atoms with Crippen molar-refractivity contribution in [3.63, 3.8) is 0 Å². The van der Waals surface area contributed by atoms with Gasteiger partial charge in [-0.05, 0) is 18.2 Å². The van der Waals surface area contributed by atoms with Crippen molar-refractivity contribution in [2.45, 2.75) is 12.5 Å². The Hall–Kier alpha value is -3.13. The Morgan fingerprint density at radius 3 is 2.50 bits per heavy atom. The quantitative estimate of drug-likeness (QED) is 0.589. The lowest BCUT2D eigenvalue weighted by Gasteiger charge is -2.16. The highest BCUT2D eigenvalue weighted by Gasteiger charge is 2.18. The van der Waals surface area contributed by atoms with E-state index >= 15 is 0 Å². The summed E-state index contributed by atoms with van der Waals surface area (Å²) in [6.45, 7) is 0. The summed E-state index contributed by atoms with van der Waals surface area (Å²) < 4.78 is 11.0. The first-order valence-corrected chi connectivity index (χ1v) is 6.99. The number of nitrogens with zero attached hydrogens (tertiary/aromatic N) is 1. The maximum Gasteiger partial charge on any atom is 0.320 e. The van der Waals surface area contributed by atoms with Gasteiger partial charge in [-0.1, -0.05) is 12.1 Å². The lowest BCUT2D eigenvalue weighted by Crippen LogP contribution is -2.32. The molecule has 0 saturated heterocycles. The third-order valence-corrected chi connectivity index (χ3v) is 3.30. The summed E-state index contributed by atoms with van der Waals surface area (Å²) in [5.74, 6) is -0.0386. The van der Waals surface area contributed by atoms with Crippen LogP contribution in [0, 0.1) is 10.1 Å². The van der Waals surface area contributed by atoms with Crippen molar-refractivity contribution in [1.82, 2.24) is 0 Å². The van der Waals surface area contributed by atoms with Gasteiger partial charge < -0.3 is 20.3 Å². The Balaban J connectivity index is 2.33. The number of nitro benzene ring substituents is 1. The Morgan fingerprint density at radius 2 is 1.96 bits per heavy atom. The first kappa shape index (κ1) is 17.2. The number of non-ortho nitro benzene ring substituents is 1. The van der Waals surface area contributed by atoms with Crippen molar-refractivity contribution in [3.8, 4) is 17.2 Å². The van der Waals surface area contributed by atoms with E-state index < -0.39 is 16.9 Å². The number of nitro groups is 1. The number of carbonyl (C=O) groups is 1. The average molecular weight is 332 g/mol. The monoisotopic (exact) mass is 332 g/mol. The number of hydrogen-bond acceptors (Lipinski definition) is 6. The number of aliphatic carboxylic acids is 1. The molecular weight excluding hydrogens is 316 g/mol. The van der Waals surface area contributed by atoms with Crippen molar-refractivity contribution < 1.29 is 24.3 Å². The molecule has 126 valence electrons. The van der Waals surface area contributed by atoms with E-state index in [-0.39, 0.29) is 12.1 Å². The van der Waals surface area contributed by atoms with Gasteiger partial charge in [-0.3, -0.25) is 14.9 Å². The predicted octanol–water partition coefficient (Wildman–Crippen LogP) is 2.35. The zero-order chi connectivity index (χ0) is 17.7. The van der Waals surface area contributed by atoms with Crippen LogP contribution in [0.25, 0.3) is 0 Å². The molecule has 2 rings (SSSR count). The van der Waals surface area contributed by atoms with Crippen LogP contribution in [0.2, 0.25) is 0 Å². The summed E-state index contributed by atoms with van der Waals surface area (Å²) in [7, 11) is 1.46. The van der Waals surface area contributed by atoms with Crippen LogP contribution < -0.4 is 15.2 Å². The van der Waals surface area contributed by atoms with Crippen LogP contribution in [0.4, 0.5) is 5.69 Å². The Kier molecular flexibility index (Phi) is 5.33. The predicted molar refractivity (Wildman–Crippen MR) is 85.5 cm³/mol. The summed E-state index contributed by atoms with van der Waals surface area (Å²) in [5, 5.41) is 19.7. The van der Waals surface area contributed by atoms with Crippen molar-refractivity contribution in [2.24, 2.45) is 5.73 Å². The summed E-state index contributed by atoms with van der Waals surface area (Å²) in [6, 6.07) is 9.49. The Bertz CT molecular complexity index is 745. The summed E-state index contributed by atoms with van der Waals surface area (Å²) >= 11 is 0. The van der Waals surface area contributed by atoms with Gasteiger partial charge in [-0.15, -0.1) is 0 Å².